The largest absolute Gasteiger partial charge is 0.327 e. The fraction of sp³-hybridized carbons (Fsp3) is 0.182. The summed E-state index contributed by atoms with van der Waals surface area (Å²) < 4.78 is 13.4. The maximum absolute atomic E-state index is 13.4. The van der Waals surface area contributed by atoms with E-state index in [0.29, 0.717) is 5.56 Å². The first-order valence-electron chi connectivity index (χ1n) is 4.50. The zero-order valence-electron chi connectivity index (χ0n) is 7.65. The lowest BCUT2D eigenvalue weighted by atomic mass is 10.1. The third-order valence-electron chi connectivity index (χ3n) is 2.23. The van der Waals surface area contributed by atoms with Gasteiger partial charge in [0.15, 0.2) is 0 Å². The van der Waals surface area contributed by atoms with Gasteiger partial charge >= 0.3 is 0 Å². The molecule has 0 saturated carbocycles. The van der Waals surface area contributed by atoms with Gasteiger partial charge < -0.3 is 5.73 Å². The molecule has 1 unspecified atom stereocenters. The smallest absolute Gasteiger partial charge is 0.138 e. The first kappa shape index (κ1) is 9.09. The molecule has 1 atom stereocenters. The van der Waals surface area contributed by atoms with Crippen LogP contribution in [0.5, 0.6) is 0 Å². The number of fused-ring (bicyclic) bond motifs is 1. The molecule has 2 N–H and O–H groups in total. The minimum Gasteiger partial charge on any atom is -0.327 e. The van der Waals surface area contributed by atoms with Crippen molar-refractivity contribution < 1.29 is 4.39 Å². The first-order valence-corrected chi connectivity index (χ1v) is 4.50. The van der Waals surface area contributed by atoms with Gasteiger partial charge in [-0.3, -0.25) is 4.98 Å². The molecule has 0 amide bonds. The standard InChI is InChI=1S/C11H11FN2/c12-10(7-13)8-5-6-14-11-4-2-1-3-9(8)11/h1-6,10H,7,13H2. The molecule has 0 fully saturated rings. The van der Waals surface area contributed by atoms with Crippen LogP contribution in [0.2, 0.25) is 0 Å². The fourth-order valence-corrected chi connectivity index (χ4v) is 1.52. The number of rotatable bonds is 2. The summed E-state index contributed by atoms with van der Waals surface area (Å²) in [5.41, 5.74) is 6.73. The number of hydrogen-bond donors (Lipinski definition) is 1. The van der Waals surface area contributed by atoms with E-state index in [0.717, 1.165) is 10.9 Å². The van der Waals surface area contributed by atoms with Gasteiger partial charge in [0.1, 0.15) is 6.17 Å². The van der Waals surface area contributed by atoms with Crippen LogP contribution in [0.3, 0.4) is 0 Å². The van der Waals surface area contributed by atoms with E-state index in [1.807, 2.05) is 24.3 Å². The second-order valence-corrected chi connectivity index (χ2v) is 3.12. The van der Waals surface area contributed by atoms with Crippen LogP contribution in [0.25, 0.3) is 10.9 Å². The maximum Gasteiger partial charge on any atom is 0.138 e. The van der Waals surface area contributed by atoms with Crippen molar-refractivity contribution in [3.05, 3.63) is 42.1 Å². The Kier molecular flexibility index (Phi) is 2.41. The number of nitrogens with two attached hydrogens (primary N) is 1. The number of para-hydroxylation sites is 1. The second kappa shape index (κ2) is 3.72. The van der Waals surface area contributed by atoms with Crippen molar-refractivity contribution in [3.63, 3.8) is 0 Å². The lowest BCUT2D eigenvalue weighted by Crippen LogP contribution is -2.08. The van der Waals surface area contributed by atoms with E-state index in [9.17, 15) is 4.39 Å². The minimum absolute atomic E-state index is 0.00794. The molecule has 2 nitrogen and oxygen atoms in total. The Labute approximate surface area is 81.6 Å². The molecule has 0 radical (unpaired) electrons. The van der Waals surface area contributed by atoms with Gasteiger partial charge in [-0.2, -0.15) is 0 Å². The average molecular weight is 190 g/mol. The van der Waals surface area contributed by atoms with Crippen LogP contribution in [-0.2, 0) is 0 Å². The van der Waals surface area contributed by atoms with Gasteiger partial charge in [-0.1, -0.05) is 18.2 Å². The molecule has 1 heterocycles. The van der Waals surface area contributed by atoms with Crippen LogP contribution in [0.4, 0.5) is 4.39 Å². The van der Waals surface area contributed by atoms with Crippen LogP contribution >= 0.6 is 0 Å². The number of benzene rings is 1. The number of hydrogen-bond acceptors (Lipinski definition) is 2. The van der Waals surface area contributed by atoms with Gasteiger partial charge in [-0.15, -0.1) is 0 Å². The zero-order chi connectivity index (χ0) is 9.97. The summed E-state index contributed by atoms with van der Waals surface area (Å²) in [4.78, 5) is 4.15. The summed E-state index contributed by atoms with van der Waals surface area (Å²) in [7, 11) is 0. The highest BCUT2D eigenvalue weighted by Crippen LogP contribution is 2.24. The molecule has 0 aliphatic heterocycles. The van der Waals surface area contributed by atoms with E-state index in [2.05, 4.69) is 4.98 Å². The third-order valence-corrected chi connectivity index (χ3v) is 2.23. The monoisotopic (exact) mass is 190 g/mol. The van der Waals surface area contributed by atoms with Crippen LogP contribution in [0, 0.1) is 0 Å². The van der Waals surface area contributed by atoms with Crippen molar-refractivity contribution in [2.45, 2.75) is 6.17 Å². The minimum atomic E-state index is -1.11. The van der Waals surface area contributed by atoms with Gasteiger partial charge in [0.25, 0.3) is 0 Å². The Morgan fingerprint density at radius 3 is 2.86 bits per heavy atom. The Morgan fingerprint density at radius 2 is 2.07 bits per heavy atom. The normalized spacial score (nSPS) is 13.0. The van der Waals surface area contributed by atoms with Crippen molar-refractivity contribution in [1.82, 2.24) is 4.98 Å². The second-order valence-electron chi connectivity index (χ2n) is 3.12. The zero-order valence-corrected chi connectivity index (χ0v) is 7.65. The summed E-state index contributed by atoms with van der Waals surface area (Å²) in [6.45, 7) is 0.00794. The van der Waals surface area contributed by atoms with Gasteiger partial charge in [0, 0.05) is 18.1 Å². The topological polar surface area (TPSA) is 38.9 Å². The lowest BCUT2D eigenvalue weighted by Gasteiger charge is -2.08. The number of halogens is 1. The SMILES string of the molecule is NCC(F)c1ccnc2ccccc12. The highest BCUT2D eigenvalue weighted by atomic mass is 19.1. The van der Waals surface area contributed by atoms with Crippen LogP contribution in [0.15, 0.2) is 36.5 Å². The molecule has 0 bridgehead atoms. The first-order chi connectivity index (χ1) is 6.83. The summed E-state index contributed by atoms with van der Waals surface area (Å²) in [5.74, 6) is 0. The molecule has 2 rings (SSSR count). The highest BCUT2D eigenvalue weighted by molar-refractivity contribution is 5.82. The van der Waals surface area contributed by atoms with Gasteiger partial charge in [-0.25, -0.2) is 4.39 Å². The average Bonchev–Trinajstić information content (AvgIpc) is 2.27. The summed E-state index contributed by atoms with van der Waals surface area (Å²) in [5, 5.41) is 0.841. The number of nitrogens with zero attached hydrogens (tertiary/aromatic N) is 1. The molecule has 0 aliphatic rings. The van der Waals surface area contributed by atoms with Crippen LogP contribution < -0.4 is 5.73 Å². The van der Waals surface area contributed by atoms with Crippen molar-refractivity contribution in [1.29, 1.82) is 0 Å². The van der Waals surface area contributed by atoms with Crippen molar-refractivity contribution in [3.8, 4) is 0 Å². The van der Waals surface area contributed by atoms with E-state index in [1.54, 1.807) is 12.3 Å². The van der Waals surface area contributed by atoms with Crippen LogP contribution in [-0.4, -0.2) is 11.5 Å². The molecule has 72 valence electrons. The van der Waals surface area contributed by atoms with E-state index < -0.39 is 6.17 Å². The van der Waals surface area contributed by atoms with E-state index in [-0.39, 0.29) is 6.54 Å². The fourth-order valence-electron chi connectivity index (χ4n) is 1.52. The van der Waals surface area contributed by atoms with Crippen molar-refractivity contribution in [2.75, 3.05) is 6.54 Å². The quantitative estimate of drug-likeness (QED) is 0.788. The molecule has 0 aliphatic carbocycles. The lowest BCUT2D eigenvalue weighted by molar-refractivity contribution is 0.355. The number of alkyl halides is 1. The molecule has 1 aromatic heterocycles. The van der Waals surface area contributed by atoms with Gasteiger partial charge in [0.05, 0.1) is 5.52 Å². The van der Waals surface area contributed by atoms with E-state index in [1.165, 1.54) is 0 Å². The molecule has 0 saturated heterocycles. The summed E-state index contributed by atoms with van der Waals surface area (Å²) in [6.07, 6.45) is 0.503. The summed E-state index contributed by atoms with van der Waals surface area (Å²) in [6, 6.07) is 9.16. The third kappa shape index (κ3) is 1.46. The maximum atomic E-state index is 13.4. The predicted octanol–water partition coefficient (Wildman–Crippen LogP) is 2.20. The Bertz CT molecular complexity index is 437. The molecule has 0 spiro atoms. The molecule has 1 aromatic carbocycles. The van der Waals surface area contributed by atoms with Gasteiger partial charge in [0.2, 0.25) is 0 Å². The van der Waals surface area contributed by atoms with E-state index >= 15 is 0 Å². The van der Waals surface area contributed by atoms with Crippen molar-refractivity contribution in [2.24, 2.45) is 5.73 Å². The predicted molar refractivity (Wildman–Crippen MR) is 54.6 cm³/mol. The molecule has 14 heavy (non-hydrogen) atoms. The molecule has 2 aromatic rings. The molecule has 3 heteroatoms. The van der Waals surface area contributed by atoms with Crippen molar-refractivity contribution >= 4 is 10.9 Å². The molecular weight excluding hydrogens is 179 g/mol. The Hall–Kier alpha value is -1.48. The Morgan fingerprint density at radius 1 is 1.29 bits per heavy atom. The molecular formula is C11H11FN2. The number of pyridine rings is 1. The van der Waals surface area contributed by atoms with E-state index in [4.69, 9.17) is 5.73 Å². The summed E-state index contributed by atoms with van der Waals surface area (Å²) >= 11 is 0. The van der Waals surface area contributed by atoms with Gasteiger partial charge in [-0.05, 0) is 17.7 Å². The Balaban J connectivity index is 2.65. The number of aromatic nitrogens is 1. The highest BCUT2D eigenvalue weighted by Gasteiger charge is 2.10. The van der Waals surface area contributed by atoms with Crippen LogP contribution in [0.1, 0.15) is 11.7 Å².